The smallest absolute Gasteiger partial charge is 0.329 e. The van der Waals surface area contributed by atoms with Crippen LogP contribution in [0, 0.1) is 0 Å². The van der Waals surface area contributed by atoms with Crippen molar-refractivity contribution in [2.24, 2.45) is 0 Å². The Bertz CT molecular complexity index is 1010. The van der Waals surface area contributed by atoms with Crippen molar-refractivity contribution in [1.29, 1.82) is 0 Å². The van der Waals surface area contributed by atoms with E-state index in [1.165, 1.54) is 15.8 Å². The number of carbonyl (C=O) groups excluding carboxylic acids is 1. The van der Waals surface area contributed by atoms with Crippen LogP contribution < -0.4 is 5.56 Å². The van der Waals surface area contributed by atoms with Gasteiger partial charge in [-0.15, -0.1) is 11.3 Å². The predicted molar refractivity (Wildman–Crippen MR) is 101 cm³/mol. The lowest BCUT2D eigenvalue weighted by atomic mass is 9.97. The summed E-state index contributed by atoms with van der Waals surface area (Å²) in [5.74, 6) is -0.429. The van der Waals surface area contributed by atoms with Crippen molar-refractivity contribution < 1.29 is 9.53 Å². The van der Waals surface area contributed by atoms with E-state index in [4.69, 9.17) is 4.74 Å². The summed E-state index contributed by atoms with van der Waals surface area (Å²) in [5, 5.41) is 0.690. The number of esters is 1. The zero-order chi connectivity index (χ0) is 18.1. The predicted octanol–water partition coefficient (Wildman–Crippen LogP) is 3.64. The molecule has 0 unspecified atom stereocenters. The highest BCUT2D eigenvalue weighted by atomic mass is 32.1. The normalized spacial score (nSPS) is 14.8. The van der Waals surface area contributed by atoms with Gasteiger partial charge in [0.05, 0.1) is 11.7 Å². The van der Waals surface area contributed by atoms with E-state index in [0.29, 0.717) is 5.39 Å². The van der Waals surface area contributed by atoms with E-state index in [9.17, 15) is 9.59 Å². The molecule has 1 aliphatic carbocycles. The van der Waals surface area contributed by atoms with Gasteiger partial charge in [-0.2, -0.15) is 0 Å². The molecule has 5 nitrogen and oxygen atoms in total. The van der Waals surface area contributed by atoms with E-state index in [0.717, 1.165) is 41.6 Å². The molecule has 26 heavy (non-hydrogen) atoms. The number of hydrogen-bond donors (Lipinski definition) is 0. The summed E-state index contributed by atoms with van der Waals surface area (Å²) in [5.41, 5.74) is 1.91. The minimum atomic E-state index is -0.706. The number of ether oxygens (including phenoxy) is 1. The molecular weight excluding hydrogens is 348 g/mol. The molecule has 0 saturated heterocycles. The largest absolute Gasteiger partial charge is 0.459 e. The Balaban J connectivity index is 1.60. The number of aryl methyl sites for hydroxylation is 2. The van der Waals surface area contributed by atoms with E-state index in [-0.39, 0.29) is 12.2 Å². The minimum absolute atomic E-state index is 0.140. The highest BCUT2D eigenvalue weighted by Gasteiger charge is 2.24. The molecule has 134 valence electrons. The topological polar surface area (TPSA) is 61.2 Å². The summed E-state index contributed by atoms with van der Waals surface area (Å²) in [6.45, 7) is 1.88. The third-order valence-corrected chi connectivity index (χ3v) is 6.08. The standard InChI is InChI=1S/C20H20N2O3S/c1-13(20(24)25-11-14-7-3-2-4-8-14)22-12-21-18-17(19(22)23)15-9-5-6-10-16(15)26-18/h2-4,7-8,12-13H,5-6,9-11H2,1H3/t13-/m1/s1. The van der Waals surface area contributed by atoms with E-state index >= 15 is 0 Å². The van der Waals surface area contributed by atoms with Crippen LogP contribution in [0.5, 0.6) is 0 Å². The number of rotatable bonds is 4. The highest BCUT2D eigenvalue weighted by molar-refractivity contribution is 7.18. The van der Waals surface area contributed by atoms with Gasteiger partial charge in [-0.3, -0.25) is 9.36 Å². The third kappa shape index (κ3) is 3.05. The fourth-order valence-electron chi connectivity index (χ4n) is 3.40. The van der Waals surface area contributed by atoms with Crippen LogP contribution in [-0.4, -0.2) is 15.5 Å². The van der Waals surface area contributed by atoms with Crippen LogP contribution in [0.3, 0.4) is 0 Å². The van der Waals surface area contributed by atoms with Gasteiger partial charge in [0, 0.05) is 4.88 Å². The molecule has 0 spiro atoms. The lowest BCUT2D eigenvalue weighted by Gasteiger charge is -2.15. The van der Waals surface area contributed by atoms with E-state index in [1.807, 2.05) is 30.3 Å². The van der Waals surface area contributed by atoms with Crippen LogP contribution in [0.25, 0.3) is 10.2 Å². The van der Waals surface area contributed by atoms with Crippen LogP contribution in [0.4, 0.5) is 0 Å². The molecule has 0 bridgehead atoms. The molecule has 1 atom stereocenters. The maximum absolute atomic E-state index is 13.0. The van der Waals surface area contributed by atoms with E-state index in [2.05, 4.69) is 4.98 Å². The summed E-state index contributed by atoms with van der Waals surface area (Å²) < 4.78 is 6.78. The van der Waals surface area contributed by atoms with Gasteiger partial charge in [0.15, 0.2) is 0 Å². The summed E-state index contributed by atoms with van der Waals surface area (Å²) >= 11 is 1.61. The Labute approximate surface area is 155 Å². The Morgan fingerprint density at radius 3 is 2.85 bits per heavy atom. The van der Waals surface area contributed by atoms with Crippen LogP contribution >= 0.6 is 11.3 Å². The Morgan fingerprint density at radius 1 is 1.27 bits per heavy atom. The molecular formula is C20H20N2O3S. The number of hydrogen-bond acceptors (Lipinski definition) is 5. The monoisotopic (exact) mass is 368 g/mol. The van der Waals surface area contributed by atoms with Crippen LogP contribution in [0.1, 0.15) is 41.8 Å². The third-order valence-electron chi connectivity index (χ3n) is 4.88. The van der Waals surface area contributed by atoms with Crippen molar-refractivity contribution in [3.63, 3.8) is 0 Å². The van der Waals surface area contributed by atoms with E-state index < -0.39 is 12.0 Å². The Kier molecular flexibility index (Phi) is 4.59. The van der Waals surface area contributed by atoms with Crippen molar-refractivity contribution in [3.05, 3.63) is 63.0 Å². The molecule has 2 aromatic heterocycles. The van der Waals surface area contributed by atoms with Gasteiger partial charge >= 0.3 is 5.97 Å². The first-order chi connectivity index (χ1) is 12.6. The molecule has 3 aromatic rings. The SMILES string of the molecule is C[C@H](C(=O)OCc1ccccc1)n1cnc2sc3c(c2c1=O)CCCC3. The lowest BCUT2D eigenvalue weighted by molar-refractivity contribution is -0.148. The number of thiophene rings is 1. The van der Waals surface area contributed by atoms with Crippen molar-refractivity contribution in [2.45, 2.75) is 45.3 Å². The first-order valence-electron chi connectivity index (χ1n) is 8.87. The average Bonchev–Trinajstić information content (AvgIpc) is 3.06. The number of aromatic nitrogens is 2. The van der Waals surface area contributed by atoms with Gasteiger partial charge in [0.2, 0.25) is 0 Å². The van der Waals surface area contributed by atoms with Crippen molar-refractivity contribution in [2.75, 3.05) is 0 Å². The van der Waals surface area contributed by atoms with Crippen LogP contribution in [0.2, 0.25) is 0 Å². The quantitative estimate of drug-likeness (QED) is 0.660. The zero-order valence-electron chi connectivity index (χ0n) is 14.6. The van der Waals surface area contributed by atoms with Gasteiger partial charge in [0.1, 0.15) is 17.5 Å². The van der Waals surface area contributed by atoms with Gasteiger partial charge in [0.25, 0.3) is 5.56 Å². The fourth-order valence-corrected chi connectivity index (χ4v) is 4.62. The molecule has 4 rings (SSSR count). The Morgan fingerprint density at radius 2 is 2.04 bits per heavy atom. The molecule has 0 N–H and O–H groups in total. The summed E-state index contributed by atoms with van der Waals surface area (Å²) in [6, 6.07) is 8.80. The van der Waals surface area contributed by atoms with Crippen molar-refractivity contribution >= 4 is 27.5 Å². The molecule has 1 aromatic carbocycles. The number of nitrogens with zero attached hydrogens (tertiary/aromatic N) is 2. The molecule has 0 radical (unpaired) electrons. The van der Waals surface area contributed by atoms with Crippen LogP contribution in [-0.2, 0) is 29.0 Å². The molecule has 0 saturated carbocycles. The highest BCUT2D eigenvalue weighted by Crippen LogP contribution is 2.33. The fraction of sp³-hybridized carbons (Fsp3) is 0.350. The molecule has 6 heteroatoms. The maximum atomic E-state index is 13.0. The molecule has 0 aliphatic heterocycles. The molecule has 0 amide bonds. The first-order valence-corrected chi connectivity index (χ1v) is 9.68. The number of benzene rings is 1. The minimum Gasteiger partial charge on any atom is -0.459 e. The summed E-state index contributed by atoms with van der Waals surface area (Å²) in [6.07, 6.45) is 5.67. The van der Waals surface area contributed by atoms with Crippen LogP contribution in [0.15, 0.2) is 41.5 Å². The summed E-state index contributed by atoms with van der Waals surface area (Å²) in [7, 11) is 0. The van der Waals surface area contributed by atoms with E-state index in [1.54, 1.807) is 18.3 Å². The number of fused-ring (bicyclic) bond motifs is 3. The van der Waals surface area contributed by atoms with Crippen molar-refractivity contribution in [1.82, 2.24) is 9.55 Å². The molecule has 0 fully saturated rings. The van der Waals surface area contributed by atoms with Gasteiger partial charge in [-0.1, -0.05) is 30.3 Å². The molecule has 2 heterocycles. The second kappa shape index (κ2) is 7.03. The van der Waals surface area contributed by atoms with Gasteiger partial charge in [-0.05, 0) is 43.7 Å². The van der Waals surface area contributed by atoms with Gasteiger partial charge in [-0.25, -0.2) is 9.78 Å². The number of carbonyl (C=O) groups is 1. The lowest BCUT2D eigenvalue weighted by Crippen LogP contribution is -2.29. The molecule has 1 aliphatic rings. The zero-order valence-corrected chi connectivity index (χ0v) is 15.4. The Hall–Kier alpha value is -2.47. The van der Waals surface area contributed by atoms with Gasteiger partial charge < -0.3 is 4.74 Å². The maximum Gasteiger partial charge on any atom is 0.329 e. The first kappa shape index (κ1) is 17.0. The average molecular weight is 368 g/mol. The second-order valence-corrected chi connectivity index (χ2v) is 7.70. The summed E-state index contributed by atoms with van der Waals surface area (Å²) in [4.78, 5) is 31.9. The second-order valence-electron chi connectivity index (χ2n) is 6.62. The van der Waals surface area contributed by atoms with Crippen molar-refractivity contribution in [3.8, 4) is 0 Å².